The molecule has 2 aromatic rings. The second-order valence-electron chi connectivity index (χ2n) is 7.81. The van der Waals surface area contributed by atoms with Crippen molar-refractivity contribution in [2.45, 2.75) is 44.6 Å². The number of nitrogens with one attached hydrogen (secondary N) is 1. The van der Waals surface area contributed by atoms with Crippen LogP contribution < -0.4 is 14.8 Å². The fraction of sp³-hybridized carbons (Fsp3) is 0.346. The Morgan fingerprint density at radius 3 is 1.92 bits per heavy atom. The molecule has 1 N–H and O–H groups in total. The summed E-state index contributed by atoms with van der Waals surface area (Å²) in [6.45, 7) is 7.31. The van der Waals surface area contributed by atoms with E-state index >= 15 is 0 Å². The lowest BCUT2D eigenvalue weighted by Crippen LogP contribution is -2.24. The van der Waals surface area contributed by atoms with Gasteiger partial charge in [0, 0.05) is 6.54 Å². The smallest absolute Gasteiger partial charge is 0.416 e. The minimum atomic E-state index is -4.98. The first-order valence-electron chi connectivity index (χ1n) is 11.1. The molecule has 0 fully saturated rings. The molecule has 0 spiro atoms. The number of benzene rings is 2. The van der Waals surface area contributed by atoms with Gasteiger partial charge >= 0.3 is 12.4 Å². The van der Waals surface area contributed by atoms with Crippen LogP contribution in [0.5, 0.6) is 11.5 Å². The molecule has 10 heteroatoms. The van der Waals surface area contributed by atoms with Crippen LogP contribution in [0, 0.1) is 0 Å². The van der Waals surface area contributed by atoms with E-state index < -0.39 is 35.9 Å². The number of amides is 1. The number of hydrogen-bond acceptors (Lipinski definition) is 3. The lowest BCUT2D eigenvalue weighted by atomic mass is 10.0. The van der Waals surface area contributed by atoms with E-state index in [1.165, 1.54) is 12.1 Å². The Kier molecular flexibility index (Phi) is 10.4. The first-order valence-corrected chi connectivity index (χ1v) is 11.1. The van der Waals surface area contributed by atoms with E-state index in [1.807, 2.05) is 0 Å². The zero-order valence-corrected chi connectivity index (χ0v) is 19.5. The molecular formula is C26H27F6NO3. The molecule has 0 heterocycles. The molecule has 36 heavy (non-hydrogen) atoms. The van der Waals surface area contributed by atoms with Gasteiger partial charge < -0.3 is 14.8 Å². The van der Waals surface area contributed by atoms with Crippen LogP contribution in [0.15, 0.2) is 61.7 Å². The summed E-state index contributed by atoms with van der Waals surface area (Å²) in [4.78, 5) is 12.9. The number of halogens is 6. The van der Waals surface area contributed by atoms with E-state index in [9.17, 15) is 31.1 Å². The third kappa shape index (κ3) is 8.98. The highest BCUT2D eigenvalue weighted by molar-refractivity contribution is 5.97. The standard InChI is InChI=1S/C26H27F6NO3/c1-3-5-7-11-35-21-9-10-23(36-12-8-6-4-2)22(16-21)24(34)33-17-18-13-19(25(27,28)29)15-20(14-18)26(30,31)32/h3-4,9-10,13-16H,1-2,5-8,11-12,17H2,(H,33,34). The number of unbranched alkanes of at least 4 members (excludes halogenated alkanes) is 2. The molecule has 4 nitrogen and oxygen atoms in total. The maximum absolute atomic E-state index is 13.1. The summed E-state index contributed by atoms with van der Waals surface area (Å²) in [6, 6.07) is 5.73. The number of ether oxygens (including phenoxy) is 2. The maximum atomic E-state index is 13.1. The molecule has 2 aromatic carbocycles. The molecule has 0 aliphatic heterocycles. The van der Waals surface area contributed by atoms with Crippen LogP contribution in [0.4, 0.5) is 26.3 Å². The fourth-order valence-electron chi connectivity index (χ4n) is 3.13. The fourth-order valence-corrected chi connectivity index (χ4v) is 3.13. The average Bonchev–Trinajstić information content (AvgIpc) is 2.82. The minimum Gasteiger partial charge on any atom is -0.494 e. The minimum absolute atomic E-state index is 0.0354. The molecule has 1 amide bonds. The molecule has 0 saturated carbocycles. The van der Waals surface area contributed by atoms with Gasteiger partial charge in [0.25, 0.3) is 5.91 Å². The van der Waals surface area contributed by atoms with Crippen molar-refractivity contribution in [3.63, 3.8) is 0 Å². The van der Waals surface area contributed by atoms with Gasteiger partial charge in [0.2, 0.25) is 0 Å². The van der Waals surface area contributed by atoms with E-state index in [4.69, 9.17) is 9.47 Å². The third-order valence-corrected chi connectivity index (χ3v) is 4.93. The van der Waals surface area contributed by atoms with Crippen molar-refractivity contribution in [1.29, 1.82) is 0 Å². The van der Waals surface area contributed by atoms with Gasteiger partial charge in [-0.2, -0.15) is 26.3 Å². The molecule has 0 atom stereocenters. The van der Waals surface area contributed by atoms with E-state index in [0.29, 0.717) is 43.8 Å². The number of hydrogen-bond donors (Lipinski definition) is 1. The van der Waals surface area contributed by atoms with Crippen LogP contribution in [-0.4, -0.2) is 19.1 Å². The molecular weight excluding hydrogens is 488 g/mol. The molecule has 0 saturated heterocycles. The van der Waals surface area contributed by atoms with Crippen molar-refractivity contribution >= 4 is 5.91 Å². The Hall–Kier alpha value is -3.43. The summed E-state index contributed by atoms with van der Waals surface area (Å²) in [7, 11) is 0. The van der Waals surface area contributed by atoms with Crippen LogP contribution in [0.2, 0.25) is 0 Å². The van der Waals surface area contributed by atoms with Crippen LogP contribution in [0.25, 0.3) is 0 Å². The predicted molar refractivity (Wildman–Crippen MR) is 124 cm³/mol. The summed E-state index contributed by atoms with van der Waals surface area (Å²) in [6.07, 6.45) is -3.77. The molecule has 196 valence electrons. The Morgan fingerprint density at radius 1 is 0.833 bits per heavy atom. The van der Waals surface area contributed by atoms with Crippen LogP contribution >= 0.6 is 0 Å². The normalized spacial score (nSPS) is 11.6. The number of rotatable bonds is 13. The van der Waals surface area contributed by atoms with Gasteiger partial charge in [0.1, 0.15) is 11.5 Å². The summed E-state index contributed by atoms with van der Waals surface area (Å²) in [5.74, 6) is -0.174. The number of carbonyl (C=O) groups excluding carboxylic acids is 1. The average molecular weight is 515 g/mol. The van der Waals surface area contributed by atoms with Crippen molar-refractivity contribution in [2.24, 2.45) is 0 Å². The Balaban J connectivity index is 2.25. The Morgan fingerprint density at radius 2 is 1.39 bits per heavy atom. The van der Waals surface area contributed by atoms with Crippen molar-refractivity contribution < 1.29 is 40.6 Å². The van der Waals surface area contributed by atoms with Crippen LogP contribution in [0.3, 0.4) is 0 Å². The van der Waals surface area contributed by atoms with Crippen LogP contribution in [0.1, 0.15) is 52.7 Å². The number of alkyl halides is 6. The van der Waals surface area contributed by atoms with E-state index in [2.05, 4.69) is 18.5 Å². The van der Waals surface area contributed by atoms with Crippen molar-refractivity contribution in [2.75, 3.05) is 13.2 Å². The highest BCUT2D eigenvalue weighted by Gasteiger charge is 2.36. The molecule has 0 aliphatic carbocycles. The molecule has 0 aliphatic rings. The molecule has 0 radical (unpaired) electrons. The first-order chi connectivity index (χ1) is 17.0. The van der Waals surface area contributed by atoms with Gasteiger partial charge in [0.15, 0.2) is 0 Å². The lowest BCUT2D eigenvalue weighted by molar-refractivity contribution is -0.143. The van der Waals surface area contributed by atoms with Gasteiger partial charge in [-0.3, -0.25) is 4.79 Å². The second-order valence-corrected chi connectivity index (χ2v) is 7.81. The first kappa shape index (κ1) is 28.8. The largest absolute Gasteiger partial charge is 0.494 e. The molecule has 0 bridgehead atoms. The maximum Gasteiger partial charge on any atom is 0.416 e. The molecule has 0 aromatic heterocycles. The summed E-state index contributed by atoms with van der Waals surface area (Å²) >= 11 is 0. The van der Waals surface area contributed by atoms with Crippen molar-refractivity contribution in [1.82, 2.24) is 5.32 Å². The summed E-state index contributed by atoms with van der Waals surface area (Å²) in [5, 5.41) is 2.38. The van der Waals surface area contributed by atoms with Gasteiger partial charge in [-0.25, -0.2) is 0 Å². The highest BCUT2D eigenvalue weighted by Crippen LogP contribution is 2.36. The van der Waals surface area contributed by atoms with Crippen molar-refractivity contribution in [3.05, 3.63) is 84.0 Å². The van der Waals surface area contributed by atoms with Gasteiger partial charge in [-0.05, 0) is 67.6 Å². The van der Waals surface area contributed by atoms with Gasteiger partial charge in [0.05, 0.1) is 29.9 Å². The Bertz CT molecular complexity index is 1010. The molecule has 0 unspecified atom stereocenters. The van der Waals surface area contributed by atoms with Crippen LogP contribution in [-0.2, 0) is 18.9 Å². The van der Waals surface area contributed by atoms with Crippen molar-refractivity contribution in [3.8, 4) is 11.5 Å². The molecule has 2 rings (SSSR count). The zero-order valence-electron chi connectivity index (χ0n) is 19.5. The summed E-state index contributed by atoms with van der Waals surface area (Å²) in [5.41, 5.74) is -3.22. The third-order valence-electron chi connectivity index (χ3n) is 4.93. The topological polar surface area (TPSA) is 47.6 Å². The lowest BCUT2D eigenvalue weighted by Gasteiger charge is -2.16. The number of carbonyl (C=O) groups is 1. The van der Waals surface area contributed by atoms with E-state index in [0.717, 1.165) is 6.42 Å². The number of allylic oxidation sites excluding steroid dienone is 2. The summed E-state index contributed by atoms with van der Waals surface area (Å²) < 4.78 is 90.0. The van der Waals surface area contributed by atoms with E-state index in [-0.39, 0.29) is 29.5 Å². The zero-order chi connectivity index (χ0) is 26.8. The highest BCUT2D eigenvalue weighted by atomic mass is 19.4. The second kappa shape index (κ2) is 13.0. The monoisotopic (exact) mass is 515 g/mol. The van der Waals surface area contributed by atoms with Gasteiger partial charge in [-0.1, -0.05) is 12.2 Å². The quantitative estimate of drug-likeness (QED) is 0.172. The Labute approximate surface area is 205 Å². The van der Waals surface area contributed by atoms with E-state index in [1.54, 1.807) is 18.2 Å². The predicted octanol–water partition coefficient (Wildman–Crippen LogP) is 7.34. The van der Waals surface area contributed by atoms with Gasteiger partial charge in [-0.15, -0.1) is 13.2 Å². The SMILES string of the molecule is C=CCCCOc1ccc(OCCCC=C)c(C(=O)NCc2cc(C(F)(F)F)cc(C(F)(F)F)c2)c1.